The second-order valence-corrected chi connectivity index (χ2v) is 3.81. The van der Waals surface area contributed by atoms with Crippen LogP contribution in [-0.4, -0.2) is 19.8 Å². The van der Waals surface area contributed by atoms with Crippen molar-refractivity contribution in [2.45, 2.75) is 20.8 Å². The Labute approximate surface area is 92.6 Å². The molecule has 0 aliphatic heterocycles. The highest BCUT2D eigenvalue weighted by molar-refractivity contribution is 5.58. The Balaban J connectivity index is 2.60. The van der Waals surface area contributed by atoms with E-state index in [1.807, 2.05) is 0 Å². The first-order valence-electron chi connectivity index (χ1n) is 5.34. The highest BCUT2D eigenvalue weighted by Gasteiger charge is 2.02. The summed E-state index contributed by atoms with van der Waals surface area (Å²) in [5, 5.41) is 3.39. The second kappa shape index (κ2) is 5.76. The number of rotatable bonds is 5. The molecule has 0 bridgehead atoms. The molecule has 0 amide bonds. The van der Waals surface area contributed by atoms with E-state index < -0.39 is 0 Å². The SMILES string of the molecule is [CH2]COCCNc1c(C)cc(C)cc1C. The fourth-order valence-electron chi connectivity index (χ4n) is 1.81. The third kappa shape index (κ3) is 3.56. The van der Waals surface area contributed by atoms with E-state index in [2.05, 4.69) is 45.1 Å². The minimum atomic E-state index is 0.535. The highest BCUT2D eigenvalue weighted by atomic mass is 16.5. The quantitative estimate of drug-likeness (QED) is 0.748. The summed E-state index contributed by atoms with van der Waals surface area (Å²) in [5.41, 5.74) is 5.13. The molecule has 2 nitrogen and oxygen atoms in total. The lowest BCUT2D eigenvalue weighted by Crippen LogP contribution is -2.11. The average molecular weight is 206 g/mol. The van der Waals surface area contributed by atoms with Gasteiger partial charge in [-0.1, -0.05) is 17.7 Å². The van der Waals surface area contributed by atoms with Crippen LogP contribution in [0.25, 0.3) is 0 Å². The Bertz CT molecular complexity index is 297. The zero-order chi connectivity index (χ0) is 11.3. The van der Waals surface area contributed by atoms with Crippen molar-refractivity contribution < 1.29 is 4.74 Å². The van der Waals surface area contributed by atoms with Gasteiger partial charge in [0.15, 0.2) is 0 Å². The summed E-state index contributed by atoms with van der Waals surface area (Å²) in [6, 6.07) is 4.38. The first kappa shape index (κ1) is 12.1. The summed E-state index contributed by atoms with van der Waals surface area (Å²) in [5.74, 6) is 0. The van der Waals surface area contributed by atoms with E-state index in [4.69, 9.17) is 4.74 Å². The van der Waals surface area contributed by atoms with Gasteiger partial charge in [0.05, 0.1) is 6.61 Å². The third-order valence-corrected chi connectivity index (χ3v) is 2.37. The molecule has 15 heavy (non-hydrogen) atoms. The molecule has 0 aromatic heterocycles. The number of hydrogen-bond acceptors (Lipinski definition) is 2. The van der Waals surface area contributed by atoms with Gasteiger partial charge >= 0.3 is 0 Å². The van der Waals surface area contributed by atoms with Gasteiger partial charge in [-0.05, 0) is 38.8 Å². The number of nitrogens with one attached hydrogen (secondary N) is 1. The summed E-state index contributed by atoms with van der Waals surface area (Å²) < 4.78 is 5.19. The van der Waals surface area contributed by atoms with Crippen LogP contribution in [0.1, 0.15) is 16.7 Å². The summed E-state index contributed by atoms with van der Waals surface area (Å²) in [7, 11) is 0. The maximum absolute atomic E-state index is 5.19. The van der Waals surface area contributed by atoms with E-state index in [-0.39, 0.29) is 0 Å². The van der Waals surface area contributed by atoms with Crippen LogP contribution in [0, 0.1) is 27.7 Å². The summed E-state index contributed by atoms with van der Waals surface area (Å²) in [6.45, 7) is 12.1. The van der Waals surface area contributed by atoms with Crippen LogP contribution < -0.4 is 5.32 Å². The van der Waals surface area contributed by atoms with Crippen molar-refractivity contribution in [1.82, 2.24) is 0 Å². The number of benzene rings is 1. The highest BCUT2D eigenvalue weighted by Crippen LogP contribution is 2.21. The largest absolute Gasteiger partial charge is 0.382 e. The molecule has 0 aliphatic rings. The van der Waals surface area contributed by atoms with Crippen molar-refractivity contribution >= 4 is 5.69 Å². The van der Waals surface area contributed by atoms with Crippen LogP contribution in [0.2, 0.25) is 0 Å². The average Bonchev–Trinajstić information content (AvgIpc) is 2.15. The molecule has 0 saturated carbocycles. The minimum Gasteiger partial charge on any atom is -0.382 e. The predicted octanol–water partition coefficient (Wildman–Crippen LogP) is 2.87. The predicted molar refractivity (Wildman–Crippen MR) is 65.3 cm³/mol. The molecule has 1 rings (SSSR count). The Hall–Kier alpha value is -1.02. The Morgan fingerprint density at radius 1 is 1.20 bits per heavy atom. The van der Waals surface area contributed by atoms with Crippen LogP contribution in [0.3, 0.4) is 0 Å². The summed E-state index contributed by atoms with van der Waals surface area (Å²) >= 11 is 0. The van der Waals surface area contributed by atoms with Crippen molar-refractivity contribution in [3.63, 3.8) is 0 Å². The number of ether oxygens (including phenoxy) is 1. The zero-order valence-corrected chi connectivity index (χ0v) is 9.89. The van der Waals surface area contributed by atoms with Gasteiger partial charge in [-0.15, -0.1) is 0 Å². The van der Waals surface area contributed by atoms with E-state index in [0.717, 1.165) is 6.54 Å². The summed E-state index contributed by atoms with van der Waals surface area (Å²) in [6.07, 6.45) is 0. The van der Waals surface area contributed by atoms with Crippen molar-refractivity contribution in [2.24, 2.45) is 0 Å². The van der Waals surface area contributed by atoms with E-state index in [1.54, 1.807) is 0 Å². The maximum atomic E-state index is 5.19. The molecule has 1 radical (unpaired) electrons. The van der Waals surface area contributed by atoms with Crippen LogP contribution in [0.5, 0.6) is 0 Å². The van der Waals surface area contributed by atoms with Crippen molar-refractivity contribution in [2.75, 3.05) is 25.1 Å². The zero-order valence-electron chi connectivity index (χ0n) is 9.89. The molecule has 0 spiro atoms. The summed E-state index contributed by atoms with van der Waals surface area (Å²) in [4.78, 5) is 0. The Morgan fingerprint density at radius 3 is 2.33 bits per heavy atom. The fourth-order valence-corrected chi connectivity index (χ4v) is 1.81. The van der Waals surface area contributed by atoms with Crippen LogP contribution in [-0.2, 0) is 4.74 Å². The lowest BCUT2D eigenvalue weighted by molar-refractivity contribution is 0.172. The van der Waals surface area contributed by atoms with Crippen LogP contribution in [0.15, 0.2) is 12.1 Å². The first-order chi connectivity index (χ1) is 7.15. The van der Waals surface area contributed by atoms with Crippen molar-refractivity contribution in [3.8, 4) is 0 Å². The minimum absolute atomic E-state index is 0.535. The smallest absolute Gasteiger partial charge is 0.0639 e. The number of hydrogen-bond donors (Lipinski definition) is 1. The molecule has 0 heterocycles. The van der Waals surface area contributed by atoms with E-state index >= 15 is 0 Å². The molecule has 0 saturated heterocycles. The fraction of sp³-hybridized carbons (Fsp3) is 0.462. The standard InChI is InChI=1S/C13H20NO/c1-5-15-7-6-14-13-11(3)8-10(2)9-12(13)4/h8-9,14H,1,5-7H2,2-4H3. The van der Waals surface area contributed by atoms with Crippen LogP contribution >= 0.6 is 0 Å². The topological polar surface area (TPSA) is 21.3 Å². The van der Waals surface area contributed by atoms with E-state index in [9.17, 15) is 0 Å². The molecule has 83 valence electrons. The molecule has 0 atom stereocenters. The van der Waals surface area contributed by atoms with Gasteiger partial charge in [0.1, 0.15) is 0 Å². The molecular formula is C13H20NO. The molecule has 0 unspecified atom stereocenters. The second-order valence-electron chi connectivity index (χ2n) is 3.81. The van der Waals surface area contributed by atoms with Gasteiger partial charge in [0.25, 0.3) is 0 Å². The molecule has 1 N–H and O–H groups in total. The molecular weight excluding hydrogens is 186 g/mol. The molecule has 2 heteroatoms. The van der Waals surface area contributed by atoms with E-state index in [0.29, 0.717) is 13.2 Å². The Kier molecular flexibility index (Phi) is 4.63. The van der Waals surface area contributed by atoms with Crippen molar-refractivity contribution in [1.29, 1.82) is 0 Å². The lowest BCUT2D eigenvalue weighted by atomic mass is 10.1. The molecule has 1 aromatic carbocycles. The van der Waals surface area contributed by atoms with E-state index in [1.165, 1.54) is 22.4 Å². The molecule has 0 fully saturated rings. The number of aryl methyl sites for hydroxylation is 3. The van der Waals surface area contributed by atoms with Crippen LogP contribution in [0.4, 0.5) is 5.69 Å². The van der Waals surface area contributed by atoms with Gasteiger partial charge in [-0.2, -0.15) is 0 Å². The Morgan fingerprint density at radius 2 is 1.80 bits per heavy atom. The molecule has 1 aromatic rings. The first-order valence-corrected chi connectivity index (χ1v) is 5.34. The third-order valence-electron chi connectivity index (χ3n) is 2.37. The lowest BCUT2D eigenvalue weighted by Gasteiger charge is -2.13. The maximum Gasteiger partial charge on any atom is 0.0639 e. The van der Waals surface area contributed by atoms with Gasteiger partial charge < -0.3 is 10.1 Å². The van der Waals surface area contributed by atoms with Gasteiger partial charge in [0.2, 0.25) is 0 Å². The monoisotopic (exact) mass is 206 g/mol. The van der Waals surface area contributed by atoms with Crippen molar-refractivity contribution in [3.05, 3.63) is 35.7 Å². The van der Waals surface area contributed by atoms with Gasteiger partial charge in [-0.3, -0.25) is 0 Å². The van der Waals surface area contributed by atoms with Gasteiger partial charge in [0, 0.05) is 18.8 Å². The number of anilines is 1. The molecule has 0 aliphatic carbocycles. The normalized spacial score (nSPS) is 10.4. The van der Waals surface area contributed by atoms with Gasteiger partial charge in [-0.25, -0.2) is 0 Å².